The van der Waals surface area contributed by atoms with Crippen molar-refractivity contribution in [3.8, 4) is 11.3 Å². The lowest BCUT2D eigenvalue weighted by molar-refractivity contribution is -0.250. The number of aromatic nitrogens is 3. The molecule has 1 fully saturated rings. The smallest absolute Gasteiger partial charge is 0.247 e. The quantitative estimate of drug-likeness (QED) is 0.336. The first-order valence-corrected chi connectivity index (χ1v) is 14.0. The van der Waals surface area contributed by atoms with Gasteiger partial charge in [0.05, 0.1) is 16.3 Å². The van der Waals surface area contributed by atoms with Gasteiger partial charge >= 0.3 is 0 Å². The SMILES string of the molecule is CS(=O)(=O)c1ccc(-c2cccc3nc(Nc4cccc(CN5CCSCC5(O)O)c4)nn23)cc1. The van der Waals surface area contributed by atoms with E-state index in [4.69, 9.17) is 0 Å². The maximum atomic E-state index is 11.8. The van der Waals surface area contributed by atoms with E-state index in [2.05, 4.69) is 15.4 Å². The number of hydrogen-bond donors (Lipinski definition) is 3. The largest absolute Gasteiger partial charge is 0.353 e. The van der Waals surface area contributed by atoms with Crippen LogP contribution in [-0.4, -0.2) is 68.3 Å². The maximum absolute atomic E-state index is 11.8. The van der Waals surface area contributed by atoms with Crippen LogP contribution in [0, 0.1) is 0 Å². The minimum atomic E-state index is -3.27. The second-order valence-electron chi connectivity index (χ2n) is 8.49. The van der Waals surface area contributed by atoms with Crippen LogP contribution in [0.1, 0.15) is 5.56 Å². The molecule has 2 aromatic heterocycles. The van der Waals surface area contributed by atoms with Gasteiger partial charge in [0.1, 0.15) is 0 Å². The molecule has 0 aliphatic carbocycles. The normalized spacial score (nSPS) is 16.4. The Morgan fingerprint density at radius 1 is 1.09 bits per heavy atom. The van der Waals surface area contributed by atoms with Gasteiger partial charge in [0.15, 0.2) is 15.5 Å². The predicted molar refractivity (Wildman–Crippen MR) is 136 cm³/mol. The van der Waals surface area contributed by atoms with Gasteiger partial charge in [-0.25, -0.2) is 17.8 Å². The third kappa shape index (κ3) is 5.19. The number of aliphatic hydroxyl groups is 2. The van der Waals surface area contributed by atoms with Crippen molar-refractivity contribution in [2.75, 3.05) is 29.6 Å². The van der Waals surface area contributed by atoms with Gasteiger partial charge < -0.3 is 15.5 Å². The maximum Gasteiger partial charge on any atom is 0.247 e. The van der Waals surface area contributed by atoms with Crippen LogP contribution in [0.15, 0.2) is 71.6 Å². The van der Waals surface area contributed by atoms with Crippen LogP contribution in [0.4, 0.5) is 11.6 Å². The molecule has 1 aliphatic heterocycles. The third-order valence-electron chi connectivity index (χ3n) is 5.80. The number of thioether (sulfide) groups is 1. The topological polar surface area (TPSA) is 120 Å². The first kappa shape index (κ1) is 23.8. The number of anilines is 2. The van der Waals surface area contributed by atoms with E-state index in [1.165, 1.54) is 18.0 Å². The van der Waals surface area contributed by atoms with Crippen LogP contribution in [0.25, 0.3) is 16.9 Å². The average molecular weight is 512 g/mol. The zero-order valence-corrected chi connectivity index (χ0v) is 20.6. The lowest BCUT2D eigenvalue weighted by Gasteiger charge is -2.38. The van der Waals surface area contributed by atoms with E-state index in [1.54, 1.807) is 33.7 Å². The van der Waals surface area contributed by atoms with E-state index < -0.39 is 15.7 Å². The summed E-state index contributed by atoms with van der Waals surface area (Å²) in [5, 5.41) is 28.3. The zero-order valence-electron chi connectivity index (χ0n) is 19.0. The van der Waals surface area contributed by atoms with Gasteiger partial charge in [-0.05, 0) is 42.0 Å². The predicted octanol–water partition coefficient (Wildman–Crippen LogP) is 2.73. The Labute approximate surface area is 207 Å². The molecule has 3 heterocycles. The Hall–Kier alpha value is -2.96. The molecule has 0 unspecified atom stereocenters. The summed E-state index contributed by atoms with van der Waals surface area (Å²) in [5.41, 5.74) is 3.96. The molecular weight excluding hydrogens is 486 g/mol. The highest BCUT2D eigenvalue weighted by Gasteiger charge is 2.34. The number of nitrogens with one attached hydrogen (secondary N) is 1. The monoisotopic (exact) mass is 511 g/mol. The van der Waals surface area contributed by atoms with Crippen LogP contribution in [-0.2, 0) is 16.4 Å². The van der Waals surface area contributed by atoms with Gasteiger partial charge in [-0.15, -0.1) is 5.10 Å². The summed E-state index contributed by atoms with van der Waals surface area (Å²) < 4.78 is 25.3. The van der Waals surface area contributed by atoms with Gasteiger partial charge in [0.2, 0.25) is 11.9 Å². The number of benzene rings is 2. The molecule has 0 saturated carbocycles. The van der Waals surface area contributed by atoms with E-state index in [9.17, 15) is 18.6 Å². The minimum Gasteiger partial charge on any atom is -0.353 e. The van der Waals surface area contributed by atoms with Crippen LogP contribution in [0.5, 0.6) is 0 Å². The first-order valence-electron chi connectivity index (χ1n) is 11.0. The summed E-state index contributed by atoms with van der Waals surface area (Å²) in [6.45, 7) is 1.01. The van der Waals surface area contributed by atoms with Crippen molar-refractivity contribution in [2.45, 2.75) is 17.4 Å². The average Bonchev–Trinajstić information content (AvgIpc) is 3.23. The van der Waals surface area contributed by atoms with Crippen LogP contribution in [0.3, 0.4) is 0 Å². The fourth-order valence-corrected chi connectivity index (χ4v) is 5.59. The molecule has 0 bridgehead atoms. The number of rotatable bonds is 6. The van der Waals surface area contributed by atoms with Gasteiger partial charge in [-0.3, -0.25) is 0 Å². The summed E-state index contributed by atoms with van der Waals surface area (Å²) >= 11 is 1.52. The van der Waals surface area contributed by atoms with Gasteiger partial charge in [0.25, 0.3) is 0 Å². The molecule has 4 aromatic rings. The molecule has 0 spiro atoms. The molecule has 5 rings (SSSR count). The lowest BCUT2D eigenvalue weighted by Crippen LogP contribution is -2.53. The Bertz CT molecular complexity index is 1470. The molecule has 0 radical (unpaired) electrons. The van der Waals surface area contributed by atoms with E-state index in [0.717, 1.165) is 28.3 Å². The first-order chi connectivity index (χ1) is 16.7. The highest BCUT2D eigenvalue weighted by atomic mass is 32.2. The fraction of sp³-hybridized carbons (Fsp3) is 0.250. The van der Waals surface area contributed by atoms with Crippen molar-refractivity contribution in [1.82, 2.24) is 19.5 Å². The number of sulfone groups is 1. The Kier molecular flexibility index (Phi) is 6.28. The molecule has 35 heavy (non-hydrogen) atoms. The van der Waals surface area contributed by atoms with E-state index in [1.807, 2.05) is 42.5 Å². The van der Waals surface area contributed by atoms with Crippen molar-refractivity contribution in [2.24, 2.45) is 0 Å². The summed E-state index contributed by atoms with van der Waals surface area (Å²) in [4.78, 5) is 6.49. The molecule has 9 nitrogen and oxygen atoms in total. The molecule has 1 aliphatic rings. The highest BCUT2D eigenvalue weighted by molar-refractivity contribution is 7.99. The Morgan fingerprint density at radius 3 is 2.60 bits per heavy atom. The number of nitrogens with zero attached hydrogens (tertiary/aromatic N) is 4. The highest BCUT2D eigenvalue weighted by Crippen LogP contribution is 2.26. The minimum absolute atomic E-state index is 0.259. The van der Waals surface area contributed by atoms with Crippen molar-refractivity contribution in [3.05, 3.63) is 72.3 Å². The summed E-state index contributed by atoms with van der Waals surface area (Å²) in [6, 6.07) is 20.0. The van der Waals surface area contributed by atoms with E-state index in [0.29, 0.717) is 24.7 Å². The molecule has 0 atom stereocenters. The van der Waals surface area contributed by atoms with Crippen molar-refractivity contribution in [1.29, 1.82) is 0 Å². The molecule has 2 aromatic carbocycles. The Morgan fingerprint density at radius 2 is 1.86 bits per heavy atom. The standard InChI is InChI=1S/C24H25N5O4S2/c1-35(32,33)20-10-8-18(9-11-20)21-6-3-7-22-26-23(27-29(21)22)25-19-5-2-4-17(14-19)15-28-12-13-34-16-24(28,30)31/h2-11,14,30-31H,12-13,15-16H2,1H3,(H,25,27). The number of pyridine rings is 1. The lowest BCUT2D eigenvalue weighted by atomic mass is 10.1. The van der Waals surface area contributed by atoms with Crippen LogP contribution >= 0.6 is 11.8 Å². The van der Waals surface area contributed by atoms with Crippen LogP contribution in [0.2, 0.25) is 0 Å². The molecule has 1 saturated heterocycles. The van der Waals surface area contributed by atoms with Crippen molar-refractivity contribution >= 4 is 38.9 Å². The van der Waals surface area contributed by atoms with Crippen molar-refractivity contribution in [3.63, 3.8) is 0 Å². The van der Waals surface area contributed by atoms with Crippen molar-refractivity contribution < 1.29 is 18.6 Å². The summed E-state index contributed by atoms with van der Waals surface area (Å²) in [5.74, 6) is -0.290. The van der Waals surface area contributed by atoms with Gasteiger partial charge in [0, 0.05) is 36.3 Å². The van der Waals surface area contributed by atoms with E-state index >= 15 is 0 Å². The summed E-state index contributed by atoms with van der Waals surface area (Å²) in [7, 11) is -3.27. The number of hydrogen-bond acceptors (Lipinski definition) is 9. The number of fused-ring (bicyclic) bond motifs is 1. The van der Waals surface area contributed by atoms with Gasteiger partial charge in [-0.1, -0.05) is 30.3 Å². The Balaban J connectivity index is 1.39. The third-order valence-corrected chi connectivity index (χ3v) is 7.99. The second kappa shape index (κ2) is 9.25. The molecule has 182 valence electrons. The fourth-order valence-electron chi connectivity index (χ4n) is 4.01. The van der Waals surface area contributed by atoms with Crippen LogP contribution < -0.4 is 5.32 Å². The molecule has 11 heteroatoms. The second-order valence-corrected chi connectivity index (χ2v) is 11.6. The molecular formula is C24H25N5O4S2. The van der Waals surface area contributed by atoms with Gasteiger partial charge in [-0.2, -0.15) is 16.7 Å². The van der Waals surface area contributed by atoms with E-state index in [-0.39, 0.29) is 10.6 Å². The zero-order chi connectivity index (χ0) is 24.6. The molecule has 3 N–H and O–H groups in total. The summed E-state index contributed by atoms with van der Waals surface area (Å²) in [6.07, 6.45) is 1.18. The molecule has 0 amide bonds.